The van der Waals surface area contributed by atoms with Crippen LogP contribution in [-0.2, 0) is 4.79 Å². The molecule has 5 heteroatoms. The molecule has 1 rings (SSSR count). The number of carbonyl (C=O) groups excluding carboxylic acids is 1. The third kappa shape index (κ3) is 1.28. The Morgan fingerprint density at radius 3 is 2.78 bits per heavy atom. The Balaban J connectivity index is 2.74. The lowest BCUT2D eigenvalue weighted by Crippen LogP contribution is -2.38. The van der Waals surface area contributed by atoms with E-state index < -0.39 is 4.99 Å². The van der Waals surface area contributed by atoms with Gasteiger partial charge in [0.1, 0.15) is 0 Å². The lowest BCUT2D eigenvalue weighted by atomic mass is 10.4. The van der Waals surface area contributed by atoms with E-state index in [1.807, 2.05) is 0 Å². The van der Waals surface area contributed by atoms with Crippen molar-refractivity contribution in [1.82, 2.24) is 0 Å². The maximum Gasteiger partial charge on any atom is 0.225 e. The van der Waals surface area contributed by atoms with E-state index in [4.69, 9.17) is 5.73 Å². The summed E-state index contributed by atoms with van der Waals surface area (Å²) >= 11 is 0. The highest BCUT2D eigenvalue weighted by atomic mass is 33.1. The molecule has 1 heterocycles. The van der Waals surface area contributed by atoms with Crippen LogP contribution in [0, 0.1) is 0 Å². The van der Waals surface area contributed by atoms with Gasteiger partial charge in [-0.2, -0.15) is 0 Å². The van der Waals surface area contributed by atoms with Crippen LogP contribution in [-0.4, -0.2) is 16.3 Å². The van der Waals surface area contributed by atoms with Crippen molar-refractivity contribution in [1.29, 1.82) is 0 Å². The van der Waals surface area contributed by atoms with Gasteiger partial charge in [-0.1, -0.05) is 0 Å². The highest BCUT2D eigenvalue weighted by Gasteiger charge is 2.33. The van der Waals surface area contributed by atoms with Crippen LogP contribution in [0.1, 0.15) is 6.92 Å². The second-order valence-electron chi connectivity index (χ2n) is 1.67. The zero-order chi connectivity index (χ0) is 6.91. The van der Waals surface area contributed by atoms with E-state index in [2.05, 4.69) is 4.99 Å². The van der Waals surface area contributed by atoms with E-state index in [0.29, 0.717) is 0 Å². The molecule has 0 amide bonds. The summed E-state index contributed by atoms with van der Waals surface area (Å²) in [5, 5.41) is 0. The van der Waals surface area contributed by atoms with Crippen molar-refractivity contribution < 1.29 is 4.79 Å². The quantitative estimate of drug-likeness (QED) is 0.574. The van der Waals surface area contributed by atoms with Crippen molar-refractivity contribution in [3.8, 4) is 0 Å². The third-order valence-electron chi connectivity index (χ3n) is 0.967. The van der Waals surface area contributed by atoms with Gasteiger partial charge in [0.25, 0.3) is 0 Å². The molecule has 9 heavy (non-hydrogen) atoms. The molecule has 50 valence electrons. The summed E-state index contributed by atoms with van der Waals surface area (Å²) in [5.41, 5.74) is 7.09. The molecule has 2 N–H and O–H groups in total. The standard InChI is InChI=1S/C4H6N2OS2/c1-3(7)4(5)6-2-8-9-4/h2H,5H2,1H3. The van der Waals surface area contributed by atoms with Crippen LogP contribution in [0.5, 0.6) is 0 Å². The number of rotatable bonds is 1. The van der Waals surface area contributed by atoms with E-state index in [-0.39, 0.29) is 5.78 Å². The SMILES string of the molecule is CC(=O)C1(N)N=CSS1. The normalized spacial score (nSPS) is 33.1. The lowest BCUT2D eigenvalue weighted by Gasteiger charge is -2.12. The molecule has 0 aliphatic carbocycles. The number of nitrogens with zero attached hydrogens (tertiary/aromatic N) is 1. The molecule has 3 nitrogen and oxygen atoms in total. The highest BCUT2D eigenvalue weighted by Crippen LogP contribution is 2.37. The fourth-order valence-corrected chi connectivity index (χ4v) is 2.22. The third-order valence-corrected chi connectivity index (χ3v) is 3.21. The van der Waals surface area contributed by atoms with Gasteiger partial charge < -0.3 is 0 Å². The second-order valence-corrected chi connectivity index (χ2v) is 3.94. The molecule has 0 saturated carbocycles. The average molecular weight is 162 g/mol. The number of nitrogens with two attached hydrogens (primary N) is 1. The lowest BCUT2D eigenvalue weighted by molar-refractivity contribution is -0.118. The van der Waals surface area contributed by atoms with Crippen LogP contribution in [0.15, 0.2) is 4.99 Å². The Morgan fingerprint density at radius 2 is 2.56 bits per heavy atom. The topological polar surface area (TPSA) is 55.5 Å². The summed E-state index contributed by atoms with van der Waals surface area (Å²) in [6.45, 7) is 1.44. The molecular formula is C4H6N2OS2. The van der Waals surface area contributed by atoms with E-state index in [1.165, 1.54) is 28.5 Å². The molecule has 1 unspecified atom stereocenters. The summed E-state index contributed by atoms with van der Waals surface area (Å²) in [4.78, 5) is 13.5. The number of hydrogen-bond donors (Lipinski definition) is 1. The smallest absolute Gasteiger partial charge is 0.225 e. The molecule has 1 atom stereocenters. The fraction of sp³-hybridized carbons (Fsp3) is 0.500. The average Bonchev–Trinajstić information content (AvgIpc) is 2.16. The predicted octanol–water partition coefficient (Wildman–Crippen LogP) is 0.611. The van der Waals surface area contributed by atoms with Crippen molar-refractivity contribution >= 4 is 32.9 Å². The summed E-state index contributed by atoms with van der Waals surface area (Å²) in [6, 6.07) is 0. The van der Waals surface area contributed by atoms with E-state index in [0.717, 1.165) is 0 Å². The number of ketones is 1. The van der Waals surface area contributed by atoms with Crippen LogP contribution in [0.25, 0.3) is 0 Å². The Hall–Kier alpha value is -0.000000000000000111. The maximum absolute atomic E-state index is 10.7. The zero-order valence-corrected chi connectivity index (χ0v) is 6.46. The van der Waals surface area contributed by atoms with Gasteiger partial charge in [-0.05, 0) is 28.5 Å². The van der Waals surface area contributed by atoms with Crippen LogP contribution in [0.2, 0.25) is 0 Å². The van der Waals surface area contributed by atoms with Crippen molar-refractivity contribution in [2.45, 2.75) is 11.9 Å². The number of hydrogen-bond acceptors (Lipinski definition) is 5. The van der Waals surface area contributed by atoms with Gasteiger partial charge in [-0.3, -0.25) is 10.5 Å². The monoisotopic (exact) mass is 162 g/mol. The van der Waals surface area contributed by atoms with Crippen LogP contribution in [0.3, 0.4) is 0 Å². The van der Waals surface area contributed by atoms with Crippen LogP contribution >= 0.6 is 21.6 Å². The Morgan fingerprint density at radius 1 is 1.89 bits per heavy atom. The van der Waals surface area contributed by atoms with Gasteiger partial charge in [0.05, 0.1) is 5.55 Å². The molecule has 0 saturated heterocycles. The minimum absolute atomic E-state index is 0.103. The maximum atomic E-state index is 10.7. The van der Waals surface area contributed by atoms with E-state index >= 15 is 0 Å². The van der Waals surface area contributed by atoms with E-state index in [1.54, 1.807) is 5.55 Å². The highest BCUT2D eigenvalue weighted by molar-refractivity contribution is 8.82. The summed E-state index contributed by atoms with van der Waals surface area (Å²) in [6.07, 6.45) is 0. The molecule has 1 aliphatic heterocycles. The Labute approximate surface area is 60.9 Å². The molecular weight excluding hydrogens is 156 g/mol. The first-order valence-corrected chi connectivity index (χ1v) is 4.54. The van der Waals surface area contributed by atoms with Gasteiger partial charge in [0.2, 0.25) is 4.99 Å². The van der Waals surface area contributed by atoms with Crippen molar-refractivity contribution in [3.05, 3.63) is 0 Å². The molecule has 1 aliphatic rings. The van der Waals surface area contributed by atoms with Gasteiger partial charge >= 0.3 is 0 Å². The van der Waals surface area contributed by atoms with Crippen molar-refractivity contribution in [3.63, 3.8) is 0 Å². The van der Waals surface area contributed by atoms with E-state index in [9.17, 15) is 4.79 Å². The fourth-order valence-electron chi connectivity index (χ4n) is 0.366. The van der Waals surface area contributed by atoms with Gasteiger partial charge in [-0.25, -0.2) is 4.99 Å². The molecule has 0 bridgehead atoms. The molecule has 0 aromatic heterocycles. The van der Waals surface area contributed by atoms with Crippen molar-refractivity contribution in [2.75, 3.05) is 0 Å². The van der Waals surface area contributed by atoms with Gasteiger partial charge in [-0.15, -0.1) is 0 Å². The zero-order valence-electron chi connectivity index (χ0n) is 4.83. The second kappa shape index (κ2) is 2.32. The van der Waals surface area contributed by atoms with Crippen LogP contribution in [0.4, 0.5) is 0 Å². The minimum Gasteiger partial charge on any atom is -0.295 e. The van der Waals surface area contributed by atoms with Gasteiger partial charge in [0, 0.05) is 0 Å². The van der Waals surface area contributed by atoms with Crippen LogP contribution < -0.4 is 5.73 Å². The van der Waals surface area contributed by atoms with Gasteiger partial charge in [0.15, 0.2) is 5.78 Å². The first-order valence-electron chi connectivity index (χ1n) is 2.33. The summed E-state index contributed by atoms with van der Waals surface area (Å²) in [7, 11) is 2.66. The summed E-state index contributed by atoms with van der Waals surface area (Å²) in [5.74, 6) is -0.103. The predicted molar refractivity (Wildman–Crippen MR) is 41.3 cm³/mol. The summed E-state index contributed by atoms with van der Waals surface area (Å²) < 4.78 is 0. The Bertz CT molecular complexity index is 170. The molecule has 0 radical (unpaired) electrons. The largest absolute Gasteiger partial charge is 0.295 e. The molecule has 0 aromatic carbocycles. The molecule has 0 fully saturated rings. The minimum atomic E-state index is -0.995. The first-order chi connectivity index (χ1) is 4.15. The molecule has 0 aromatic rings. The first kappa shape index (κ1) is 7.11. The Kier molecular flexibility index (Phi) is 1.83. The number of aliphatic imine (C=N–C) groups is 1. The molecule has 0 spiro atoms. The number of Topliss-reactive ketones (excluding diaryl/α,β-unsaturated/α-hetero) is 1. The van der Waals surface area contributed by atoms with Crippen molar-refractivity contribution in [2.24, 2.45) is 10.7 Å². The number of carbonyl (C=O) groups is 1.